The van der Waals surface area contributed by atoms with Crippen molar-refractivity contribution in [3.8, 4) is 0 Å². The average Bonchev–Trinajstić information content (AvgIpc) is 3.45. The third-order valence-electron chi connectivity index (χ3n) is 11.8. The fourth-order valence-corrected chi connectivity index (χ4v) is 9.25. The summed E-state index contributed by atoms with van der Waals surface area (Å²) in [5.74, 6) is -0.860. The monoisotopic (exact) mass is 686 g/mol. The minimum Gasteiger partial charge on any atom is -0.396 e. The zero-order chi connectivity index (χ0) is 36.3. The molecular weight excluding hydrogens is 624 g/mol. The first kappa shape index (κ1) is 39.9. The van der Waals surface area contributed by atoms with E-state index in [-0.39, 0.29) is 36.9 Å². The molecule has 0 amide bonds. The summed E-state index contributed by atoms with van der Waals surface area (Å²) in [7, 11) is 1.86. The van der Waals surface area contributed by atoms with E-state index in [2.05, 4.69) is 73.6 Å². The standard InChI is InChI=1S/C43H62N2O5/c1-30(11-9-13-31(2)27-45-33(4)25-34-14-7-6-8-15-34)12-10-16-37(29-48)38-19-21-43(41(38)49)40-35(20-24-46)17-18-36(39(40)32(3)28-47)26-42(43,50)22-23-44-5/h6-8,10,12-18,28,33,35-36,38,40-41,44-46,48-50H,1,9,11,19-27,29H2,2-5H3. The number of allylic oxidation sites excluding steroid dienone is 9. The molecule has 50 heavy (non-hydrogen) atoms. The van der Waals surface area contributed by atoms with Crippen molar-refractivity contribution in [2.45, 2.75) is 89.9 Å². The van der Waals surface area contributed by atoms with E-state index in [0.29, 0.717) is 50.3 Å². The second-order valence-corrected chi connectivity index (χ2v) is 15.1. The Morgan fingerprint density at radius 1 is 1.16 bits per heavy atom. The van der Waals surface area contributed by atoms with Crippen molar-refractivity contribution >= 4 is 6.29 Å². The molecule has 1 aromatic carbocycles. The normalized spacial score (nSPS) is 31.4. The van der Waals surface area contributed by atoms with Crippen LogP contribution in [0.3, 0.4) is 0 Å². The second-order valence-electron chi connectivity index (χ2n) is 15.1. The van der Waals surface area contributed by atoms with Crippen LogP contribution in [0.2, 0.25) is 0 Å². The lowest BCUT2D eigenvalue weighted by Crippen LogP contribution is -2.65. The average molecular weight is 687 g/mol. The molecule has 2 fully saturated rings. The van der Waals surface area contributed by atoms with E-state index in [0.717, 1.165) is 48.8 Å². The van der Waals surface area contributed by atoms with Crippen LogP contribution in [-0.2, 0) is 11.2 Å². The smallest absolute Gasteiger partial charge is 0.145 e. The summed E-state index contributed by atoms with van der Waals surface area (Å²) in [6, 6.07) is 10.9. The van der Waals surface area contributed by atoms with Gasteiger partial charge in [0, 0.05) is 36.4 Å². The molecule has 2 saturated carbocycles. The van der Waals surface area contributed by atoms with Crippen LogP contribution in [0, 0.1) is 29.1 Å². The van der Waals surface area contributed by atoms with Crippen LogP contribution in [0.25, 0.3) is 0 Å². The van der Waals surface area contributed by atoms with E-state index in [4.69, 9.17) is 0 Å². The van der Waals surface area contributed by atoms with Gasteiger partial charge in [-0.3, -0.25) is 4.79 Å². The molecule has 7 heteroatoms. The Bertz CT molecular complexity index is 1440. The first-order chi connectivity index (χ1) is 24.0. The first-order valence-electron chi connectivity index (χ1n) is 18.6. The highest BCUT2D eigenvalue weighted by molar-refractivity contribution is 5.74. The van der Waals surface area contributed by atoms with Crippen molar-refractivity contribution in [2.75, 3.05) is 33.4 Å². The fraction of sp³-hybridized carbons (Fsp3) is 0.558. The van der Waals surface area contributed by atoms with E-state index in [1.54, 1.807) is 0 Å². The van der Waals surface area contributed by atoms with E-state index < -0.39 is 17.1 Å². The molecule has 8 unspecified atom stereocenters. The lowest BCUT2D eigenvalue weighted by atomic mass is 9.45. The van der Waals surface area contributed by atoms with Crippen molar-refractivity contribution < 1.29 is 25.2 Å². The van der Waals surface area contributed by atoms with Gasteiger partial charge in [-0.15, -0.1) is 0 Å². The second kappa shape index (κ2) is 18.5. The predicted molar refractivity (Wildman–Crippen MR) is 203 cm³/mol. The van der Waals surface area contributed by atoms with E-state index in [1.165, 1.54) is 11.1 Å². The Labute approximate surface area is 300 Å². The molecular formula is C43H62N2O5. The highest BCUT2D eigenvalue weighted by Gasteiger charge is 2.68. The molecule has 0 aromatic heterocycles. The fourth-order valence-electron chi connectivity index (χ4n) is 9.25. The quantitative estimate of drug-likeness (QED) is 0.0501. The summed E-state index contributed by atoms with van der Waals surface area (Å²) in [5, 5.41) is 52.5. The molecule has 0 aliphatic heterocycles. The third-order valence-corrected chi connectivity index (χ3v) is 11.8. The molecule has 6 N–H and O–H groups in total. The van der Waals surface area contributed by atoms with Crippen LogP contribution in [0.15, 0.2) is 101 Å². The summed E-state index contributed by atoms with van der Waals surface area (Å²) in [4.78, 5) is 12.2. The number of fused-ring (bicyclic) bond motifs is 3. The van der Waals surface area contributed by atoms with E-state index in [1.807, 2.05) is 38.3 Å². The molecule has 7 nitrogen and oxygen atoms in total. The van der Waals surface area contributed by atoms with Crippen LogP contribution < -0.4 is 10.6 Å². The Hall–Kier alpha value is -2.91. The number of carbonyl (C=O) groups is 1. The minimum atomic E-state index is -1.20. The third kappa shape index (κ3) is 8.93. The van der Waals surface area contributed by atoms with Crippen LogP contribution in [0.4, 0.5) is 0 Å². The number of aliphatic hydroxyl groups is 4. The van der Waals surface area contributed by atoms with Gasteiger partial charge in [0.15, 0.2) is 0 Å². The number of aliphatic hydroxyl groups excluding tert-OH is 3. The largest absolute Gasteiger partial charge is 0.396 e. The number of hydrogen-bond donors (Lipinski definition) is 6. The summed E-state index contributed by atoms with van der Waals surface area (Å²) in [5.41, 5.74) is 3.85. The van der Waals surface area contributed by atoms with Crippen molar-refractivity contribution in [3.63, 3.8) is 0 Å². The highest BCUT2D eigenvalue weighted by atomic mass is 16.3. The Kier molecular flexibility index (Phi) is 14.8. The number of hydrogen-bond acceptors (Lipinski definition) is 7. The number of benzene rings is 1. The number of aldehydes is 1. The van der Waals surface area contributed by atoms with Gasteiger partial charge in [-0.2, -0.15) is 0 Å². The molecule has 8 atom stereocenters. The van der Waals surface area contributed by atoms with Crippen molar-refractivity contribution in [3.05, 3.63) is 107 Å². The molecule has 1 spiro atoms. The lowest BCUT2D eigenvalue weighted by Gasteiger charge is -2.61. The van der Waals surface area contributed by atoms with Crippen LogP contribution in [0.5, 0.6) is 0 Å². The van der Waals surface area contributed by atoms with Gasteiger partial charge >= 0.3 is 0 Å². The maximum Gasteiger partial charge on any atom is 0.145 e. The Morgan fingerprint density at radius 3 is 2.60 bits per heavy atom. The molecule has 274 valence electrons. The zero-order valence-corrected chi connectivity index (χ0v) is 30.8. The van der Waals surface area contributed by atoms with Crippen molar-refractivity contribution in [1.82, 2.24) is 10.6 Å². The molecule has 3 aliphatic rings. The Balaban J connectivity index is 1.45. The lowest BCUT2D eigenvalue weighted by molar-refractivity contribution is -0.194. The molecule has 4 rings (SSSR count). The SMILES string of the molecule is C=C(C=CC=C(CO)C1CCC2(C1O)C1C(=C(C)C=O)C(C=CC1CCO)CC2(O)CCNC)CCC=C(C)CNC(C)Cc1ccccc1. The number of carbonyl (C=O) groups excluding carboxylic acids is 1. The molecule has 0 heterocycles. The first-order valence-corrected chi connectivity index (χ1v) is 18.6. The van der Waals surface area contributed by atoms with Gasteiger partial charge in [0.2, 0.25) is 0 Å². The van der Waals surface area contributed by atoms with Gasteiger partial charge < -0.3 is 31.1 Å². The highest BCUT2D eigenvalue weighted by Crippen LogP contribution is 2.67. The van der Waals surface area contributed by atoms with E-state index >= 15 is 0 Å². The zero-order valence-electron chi connectivity index (χ0n) is 30.8. The summed E-state index contributed by atoms with van der Waals surface area (Å²) >= 11 is 0. The van der Waals surface area contributed by atoms with Crippen LogP contribution >= 0.6 is 0 Å². The summed E-state index contributed by atoms with van der Waals surface area (Å²) < 4.78 is 0. The maximum atomic E-state index is 12.6. The van der Waals surface area contributed by atoms with Gasteiger partial charge in [0.05, 0.1) is 18.3 Å². The summed E-state index contributed by atoms with van der Waals surface area (Å²) in [6.07, 6.45) is 17.5. The van der Waals surface area contributed by atoms with Gasteiger partial charge in [0.25, 0.3) is 0 Å². The van der Waals surface area contributed by atoms with Gasteiger partial charge in [0.1, 0.15) is 6.29 Å². The molecule has 0 radical (unpaired) electrons. The molecule has 1 aromatic rings. The Morgan fingerprint density at radius 2 is 1.92 bits per heavy atom. The van der Waals surface area contributed by atoms with Gasteiger partial charge in [-0.1, -0.05) is 90.1 Å². The van der Waals surface area contributed by atoms with Gasteiger partial charge in [-0.05, 0) is 114 Å². The van der Waals surface area contributed by atoms with Crippen molar-refractivity contribution in [2.24, 2.45) is 29.1 Å². The predicted octanol–water partition coefficient (Wildman–Crippen LogP) is 5.78. The van der Waals surface area contributed by atoms with Crippen molar-refractivity contribution in [1.29, 1.82) is 0 Å². The molecule has 2 bridgehead atoms. The summed E-state index contributed by atoms with van der Waals surface area (Å²) in [6.45, 7) is 11.6. The molecule has 0 saturated heterocycles. The maximum absolute atomic E-state index is 12.6. The van der Waals surface area contributed by atoms with Crippen LogP contribution in [0.1, 0.15) is 71.3 Å². The number of nitrogens with one attached hydrogen (secondary N) is 2. The topological polar surface area (TPSA) is 122 Å². The van der Waals surface area contributed by atoms with Gasteiger partial charge in [-0.25, -0.2) is 0 Å². The number of rotatable bonds is 18. The van der Waals surface area contributed by atoms with Crippen LogP contribution in [-0.4, -0.2) is 77.8 Å². The minimum absolute atomic E-state index is 0.0230. The van der Waals surface area contributed by atoms with E-state index in [9.17, 15) is 25.2 Å². The molecule has 3 aliphatic carbocycles.